The van der Waals surface area contributed by atoms with Crippen molar-refractivity contribution in [3.63, 3.8) is 0 Å². The van der Waals surface area contributed by atoms with E-state index in [2.05, 4.69) is 4.98 Å². The molecule has 1 unspecified atom stereocenters. The average molecular weight is 531 g/mol. The maximum Gasteiger partial charge on any atom is 0.350 e. The quantitative estimate of drug-likeness (QED) is 0.192. The van der Waals surface area contributed by atoms with Gasteiger partial charge in [0, 0.05) is 15.6 Å². The van der Waals surface area contributed by atoms with E-state index in [-0.39, 0.29) is 33.0 Å². The fourth-order valence-corrected chi connectivity index (χ4v) is 5.28. The molecule has 10 heteroatoms. The molecular formula is C25H20Cl2N2O5S. The highest BCUT2D eigenvalue weighted by Gasteiger charge is 2.49. The van der Waals surface area contributed by atoms with E-state index in [1.54, 1.807) is 50.2 Å². The van der Waals surface area contributed by atoms with Crippen molar-refractivity contribution in [3.05, 3.63) is 85.3 Å². The minimum absolute atomic E-state index is 0.103. The number of nitrogens with zero attached hydrogens (tertiary/aromatic N) is 2. The number of aromatic nitrogens is 1. The fourth-order valence-electron chi connectivity index (χ4n) is 3.79. The third-order valence-corrected chi connectivity index (χ3v) is 7.18. The van der Waals surface area contributed by atoms with E-state index in [1.165, 1.54) is 6.07 Å². The Morgan fingerprint density at radius 3 is 2.46 bits per heavy atom. The number of carbonyl (C=O) groups is 3. The van der Waals surface area contributed by atoms with Crippen LogP contribution in [0.2, 0.25) is 10.0 Å². The summed E-state index contributed by atoms with van der Waals surface area (Å²) in [6.07, 6.45) is 0. The Hall–Kier alpha value is -3.20. The van der Waals surface area contributed by atoms with Gasteiger partial charge in [0.15, 0.2) is 5.13 Å². The lowest BCUT2D eigenvalue weighted by molar-refractivity contribution is -0.132. The highest BCUT2D eigenvalue weighted by atomic mass is 35.5. The van der Waals surface area contributed by atoms with Crippen LogP contribution in [0.1, 0.15) is 45.0 Å². The number of halogens is 2. The summed E-state index contributed by atoms with van der Waals surface area (Å²) in [6, 6.07) is 10.4. The summed E-state index contributed by atoms with van der Waals surface area (Å²) < 4.78 is 5.08. The lowest BCUT2D eigenvalue weighted by atomic mass is 9.95. The highest BCUT2D eigenvalue weighted by Crippen LogP contribution is 2.46. The van der Waals surface area contributed by atoms with E-state index in [0.717, 1.165) is 21.8 Å². The summed E-state index contributed by atoms with van der Waals surface area (Å²) in [4.78, 5) is 44.7. The number of anilines is 1. The molecule has 0 bridgehead atoms. The van der Waals surface area contributed by atoms with Crippen LogP contribution in [-0.4, -0.2) is 34.4 Å². The number of rotatable bonds is 5. The molecule has 1 amide bonds. The van der Waals surface area contributed by atoms with Crippen LogP contribution in [0.4, 0.5) is 5.13 Å². The largest absolute Gasteiger partial charge is 0.507 e. The summed E-state index contributed by atoms with van der Waals surface area (Å²) in [6.45, 7) is 5.36. The van der Waals surface area contributed by atoms with Gasteiger partial charge < -0.3 is 9.84 Å². The molecule has 0 saturated carbocycles. The summed E-state index contributed by atoms with van der Waals surface area (Å²) in [7, 11) is 0. The molecule has 35 heavy (non-hydrogen) atoms. The molecule has 1 aliphatic heterocycles. The summed E-state index contributed by atoms with van der Waals surface area (Å²) in [5.74, 6) is -2.73. The number of hydrogen-bond acceptors (Lipinski definition) is 7. The SMILES string of the molecule is CCOC(=O)c1sc(N2C(=O)C(=O)C(=C(O)c3ccc(C)cc3)C2c2ccc(Cl)cc2Cl)nc1C. The van der Waals surface area contributed by atoms with E-state index in [1.807, 2.05) is 6.92 Å². The van der Waals surface area contributed by atoms with Crippen LogP contribution in [0.3, 0.4) is 0 Å². The van der Waals surface area contributed by atoms with Gasteiger partial charge in [-0.2, -0.15) is 0 Å². The molecule has 180 valence electrons. The third kappa shape index (κ3) is 4.57. The Bertz CT molecular complexity index is 1380. The van der Waals surface area contributed by atoms with Crippen molar-refractivity contribution in [2.24, 2.45) is 0 Å². The first-order chi connectivity index (χ1) is 16.6. The molecule has 0 spiro atoms. The van der Waals surface area contributed by atoms with Crippen molar-refractivity contribution in [1.29, 1.82) is 0 Å². The number of Topliss-reactive ketones (excluding diaryl/α,β-unsaturated/α-hetero) is 1. The van der Waals surface area contributed by atoms with Gasteiger partial charge in [0.25, 0.3) is 5.78 Å². The number of amides is 1. The zero-order chi connectivity index (χ0) is 25.4. The van der Waals surface area contributed by atoms with Crippen molar-refractivity contribution in [1.82, 2.24) is 4.98 Å². The Morgan fingerprint density at radius 1 is 1.14 bits per heavy atom. The number of aliphatic hydroxyl groups excluding tert-OH is 1. The molecule has 3 aromatic rings. The molecule has 7 nitrogen and oxygen atoms in total. The monoisotopic (exact) mass is 530 g/mol. The second-order valence-electron chi connectivity index (χ2n) is 7.83. The van der Waals surface area contributed by atoms with Gasteiger partial charge in [-0.1, -0.05) is 70.4 Å². The summed E-state index contributed by atoms with van der Waals surface area (Å²) >= 11 is 13.5. The molecule has 1 aliphatic rings. The van der Waals surface area contributed by atoms with Crippen LogP contribution in [0.5, 0.6) is 0 Å². The number of ketones is 1. The van der Waals surface area contributed by atoms with Crippen LogP contribution in [0, 0.1) is 13.8 Å². The van der Waals surface area contributed by atoms with Crippen molar-refractivity contribution < 1.29 is 24.2 Å². The lowest BCUT2D eigenvalue weighted by Crippen LogP contribution is -2.29. The first kappa shape index (κ1) is 24.9. The number of hydrogen-bond donors (Lipinski definition) is 1. The molecule has 1 fully saturated rings. The Kier molecular flexibility index (Phi) is 6.98. The van der Waals surface area contributed by atoms with Gasteiger partial charge in [-0.25, -0.2) is 9.78 Å². The number of ether oxygens (including phenoxy) is 1. The number of thiazole rings is 1. The molecular weight excluding hydrogens is 511 g/mol. The zero-order valence-electron chi connectivity index (χ0n) is 19.0. The molecule has 0 aliphatic carbocycles. The Balaban J connectivity index is 1.94. The number of aryl methyl sites for hydroxylation is 2. The average Bonchev–Trinajstić information content (AvgIpc) is 3.31. The fraction of sp³-hybridized carbons (Fsp3) is 0.200. The first-order valence-electron chi connectivity index (χ1n) is 10.6. The van der Waals surface area contributed by atoms with Gasteiger partial charge in [-0.3, -0.25) is 14.5 Å². The van der Waals surface area contributed by atoms with Gasteiger partial charge in [0.2, 0.25) is 0 Å². The van der Waals surface area contributed by atoms with Crippen LogP contribution < -0.4 is 4.90 Å². The van der Waals surface area contributed by atoms with E-state index in [9.17, 15) is 19.5 Å². The van der Waals surface area contributed by atoms with Gasteiger partial charge >= 0.3 is 11.9 Å². The normalized spacial score (nSPS) is 17.2. The lowest BCUT2D eigenvalue weighted by Gasteiger charge is -2.24. The molecule has 1 aromatic heterocycles. The molecule has 4 rings (SSSR count). The molecule has 1 saturated heterocycles. The number of esters is 1. The Morgan fingerprint density at radius 2 is 1.83 bits per heavy atom. The first-order valence-corrected chi connectivity index (χ1v) is 12.2. The van der Waals surface area contributed by atoms with E-state index in [0.29, 0.717) is 21.8 Å². The molecule has 1 atom stereocenters. The van der Waals surface area contributed by atoms with Crippen molar-refractivity contribution >= 4 is 63.1 Å². The van der Waals surface area contributed by atoms with Crippen molar-refractivity contribution in [2.75, 3.05) is 11.5 Å². The van der Waals surface area contributed by atoms with Crippen LogP contribution >= 0.6 is 34.5 Å². The van der Waals surface area contributed by atoms with Gasteiger partial charge in [-0.15, -0.1) is 0 Å². The second-order valence-corrected chi connectivity index (χ2v) is 9.65. The number of aliphatic hydroxyl groups is 1. The van der Waals surface area contributed by atoms with Crippen LogP contribution in [0.25, 0.3) is 5.76 Å². The van der Waals surface area contributed by atoms with Crippen molar-refractivity contribution in [3.8, 4) is 0 Å². The summed E-state index contributed by atoms with van der Waals surface area (Å²) in [5, 5.41) is 11.8. The maximum atomic E-state index is 13.3. The third-order valence-electron chi connectivity index (χ3n) is 5.48. The second kappa shape index (κ2) is 9.81. The predicted octanol–water partition coefficient (Wildman–Crippen LogP) is 5.87. The van der Waals surface area contributed by atoms with Crippen molar-refractivity contribution in [2.45, 2.75) is 26.8 Å². The van der Waals surface area contributed by atoms with Gasteiger partial charge in [0.1, 0.15) is 10.6 Å². The van der Waals surface area contributed by atoms with Gasteiger partial charge in [-0.05, 0) is 38.5 Å². The smallest absolute Gasteiger partial charge is 0.350 e. The highest BCUT2D eigenvalue weighted by molar-refractivity contribution is 7.17. The molecule has 0 radical (unpaired) electrons. The minimum Gasteiger partial charge on any atom is -0.507 e. The standard InChI is InChI=1S/C25H20Cl2N2O5S/c1-4-34-24(33)22-13(3)28-25(35-22)29-19(16-10-9-15(26)11-17(16)27)18(21(31)23(29)32)20(30)14-7-5-12(2)6-8-14/h5-11,19,30H,4H2,1-3H3. The number of benzene rings is 2. The minimum atomic E-state index is -1.10. The number of carbonyl (C=O) groups excluding carboxylic acids is 3. The van der Waals surface area contributed by atoms with Crippen LogP contribution in [0.15, 0.2) is 48.0 Å². The topological polar surface area (TPSA) is 96.8 Å². The Labute approximate surface area is 215 Å². The van der Waals surface area contributed by atoms with Gasteiger partial charge in [0.05, 0.1) is 23.9 Å². The zero-order valence-corrected chi connectivity index (χ0v) is 21.3. The van der Waals surface area contributed by atoms with E-state index < -0.39 is 23.7 Å². The van der Waals surface area contributed by atoms with Crippen LogP contribution in [-0.2, 0) is 14.3 Å². The molecule has 1 N–H and O–H groups in total. The molecule has 2 heterocycles. The summed E-state index contributed by atoms with van der Waals surface area (Å²) in [5.41, 5.74) is 1.91. The van der Waals surface area contributed by atoms with E-state index in [4.69, 9.17) is 27.9 Å². The predicted molar refractivity (Wildman–Crippen MR) is 135 cm³/mol. The van der Waals surface area contributed by atoms with E-state index >= 15 is 0 Å². The maximum absolute atomic E-state index is 13.3. The molecule has 2 aromatic carbocycles.